The zero-order valence-corrected chi connectivity index (χ0v) is 27.5. The van der Waals surface area contributed by atoms with Crippen molar-refractivity contribution in [3.05, 3.63) is 124 Å². The molecule has 2 atom stereocenters. The van der Waals surface area contributed by atoms with E-state index >= 15 is 0 Å². The van der Waals surface area contributed by atoms with Gasteiger partial charge in [0.25, 0.3) is 0 Å². The van der Waals surface area contributed by atoms with Crippen LogP contribution in [0.4, 0.5) is 0 Å². The fourth-order valence-electron chi connectivity index (χ4n) is 6.85. The number of benzene rings is 3. The minimum Gasteiger partial charge on any atom is -1.00 e. The summed E-state index contributed by atoms with van der Waals surface area (Å²) in [5.74, 6) is 0. The minimum atomic E-state index is -1.19. The van der Waals surface area contributed by atoms with Crippen LogP contribution in [0.5, 0.6) is 0 Å². The molecule has 2 bridgehead atoms. The number of aromatic nitrogens is 1. The Bertz CT molecular complexity index is 1550. The van der Waals surface area contributed by atoms with Crippen LogP contribution in [0.2, 0.25) is 13.1 Å². The maximum atomic E-state index is 2.52. The van der Waals surface area contributed by atoms with E-state index in [-0.39, 0.29) is 24.8 Å². The number of fused-ring (bicyclic) bond motifs is 1. The molecule has 8 rings (SSSR count). The van der Waals surface area contributed by atoms with Crippen molar-refractivity contribution in [1.82, 2.24) is 4.57 Å². The van der Waals surface area contributed by atoms with Crippen molar-refractivity contribution in [2.45, 2.75) is 43.0 Å². The molecular formula is C33H32Cl2NSiZr. The van der Waals surface area contributed by atoms with E-state index in [0.717, 1.165) is 5.54 Å². The number of nitrogens with zero attached hydrogens (tertiary/aromatic N) is 1. The van der Waals surface area contributed by atoms with Crippen LogP contribution >= 0.6 is 0 Å². The van der Waals surface area contributed by atoms with Crippen molar-refractivity contribution in [2.24, 2.45) is 0 Å². The molecule has 3 heterocycles. The van der Waals surface area contributed by atoms with Crippen molar-refractivity contribution in [1.29, 1.82) is 0 Å². The summed E-state index contributed by atoms with van der Waals surface area (Å²) in [4.78, 5) is 0. The monoisotopic (exact) mass is 630 g/mol. The second-order valence-corrected chi connectivity index (χ2v) is 16.9. The van der Waals surface area contributed by atoms with Crippen LogP contribution in [0, 0.1) is 6.92 Å². The molecule has 0 radical (unpaired) electrons. The van der Waals surface area contributed by atoms with E-state index in [1.807, 2.05) is 0 Å². The number of para-hydroxylation sites is 1. The molecule has 38 heavy (non-hydrogen) atoms. The summed E-state index contributed by atoms with van der Waals surface area (Å²) in [5, 5.41) is 1.73. The van der Waals surface area contributed by atoms with E-state index < -0.39 is 8.07 Å². The molecule has 191 valence electrons. The number of halogens is 2. The molecule has 2 unspecified atom stereocenters. The van der Waals surface area contributed by atoms with E-state index in [1.165, 1.54) is 39.2 Å². The van der Waals surface area contributed by atoms with Gasteiger partial charge in [-0.05, 0) is 37.6 Å². The zero-order chi connectivity index (χ0) is 25.2. The first-order chi connectivity index (χ1) is 17.3. The van der Waals surface area contributed by atoms with Gasteiger partial charge in [-0.2, -0.15) is 0 Å². The molecule has 2 aliphatic carbocycles. The van der Waals surface area contributed by atoms with Crippen molar-refractivity contribution in [3.8, 4) is 16.8 Å². The third kappa shape index (κ3) is 4.40. The molecule has 0 N–H and O–H groups in total. The smallest absolute Gasteiger partial charge is 1.00 e. The molecule has 1 aromatic heterocycles. The number of allylic oxidation sites excluding steroid dienone is 2. The zero-order valence-electron chi connectivity index (χ0n) is 22.5. The van der Waals surface area contributed by atoms with Crippen molar-refractivity contribution in [3.63, 3.8) is 0 Å². The fourth-order valence-corrected chi connectivity index (χ4v) is 12.0. The second kappa shape index (κ2) is 10.9. The first-order valence-corrected chi connectivity index (χ1v) is 17.4. The Balaban J connectivity index is 0.000000169. The minimum absolute atomic E-state index is 0. The van der Waals surface area contributed by atoms with Crippen LogP contribution in [-0.2, 0) is 24.7 Å². The van der Waals surface area contributed by atoms with Gasteiger partial charge in [0.05, 0.1) is 8.07 Å². The average molecular weight is 633 g/mol. The van der Waals surface area contributed by atoms with Crippen LogP contribution in [0.15, 0.2) is 96.1 Å². The number of aryl methyl sites for hydroxylation is 1. The summed E-state index contributed by atoms with van der Waals surface area (Å²) in [7, 11) is -1.19. The molecule has 5 heteroatoms. The van der Waals surface area contributed by atoms with Gasteiger partial charge in [0.15, 0.2) is 0 Å². The van der Waals surface area contributed by atoms with Crippen molar-refractivity contribution < 1.29 is 49.5 Å². The predicted octanol–water partition coefficient (Wildman–Crippen LogP) is 2.82. The molecule has 4 aromatic rings. The first kappa shape index (κ1) is 29.1. The van der Waals surface area contributed by atoms with Crippen LogP contribution in [0.25, 0.3) is 28.1 Å². The third-order valence-corrected chi connectivity index (χ3v) is 14.3. The predicted molar refractivity (Wildman–Crippen MR) is 152 cm³/mol. The van der Waals surface area contributed by atoms with Crippen molar-refractivity contribution in [2.75, 3.05) is 0 Å². The summed E-state index contributed by atoms with van der Waals surface area (Å²) in [6, 6.07) is 30.5. The van der Waals surface area contributed by atoms with Gasteiger partial charge in [-0.15, -0.1) is 0 Å². The maximum Gasteiger partial charge on any atom is -1.00 e. The summed E-state index contributed by atoms with van der Waals surface area (Å²) in [6.07, 6.45) is 2.36. The van der Waals surface area contributed by atoms with Crippen molar-refractivity contribution >= 4 is 19.3 Å². The van der Waals surface area contributed by atoms with Crippen LogP contribution in [-0.4, -0.2) is 12.6 Å². The Labute approximate surface area is 255 Å². The van der Waals surface area contributed by atoms with Crippen LogP contribution < -0.4 is 24.8 Å². The number of hydrogen-bond acceptors (Lipinski definition) is 0. The van der Waals surface area contributed by atoms with Crippen LogP contribution in [0.3, 0.4) is 0 Å². The quantitative estimate of drug-likeness (QED) is 0.300. The van der Waals surface area contributed by atoms with Gasteiger partial charge in [-0.3, -0.25) is 0 Å². The normalized spacial score (nSPS) is 19.2. The molecule has 0 saturated carbocycles. The Morgan fingerprint density at radius 2 is 1.39 bits per heavy atom. The standard InChI is InChI=1S/C17H19NSi.C16H13.2ClH.Zr/c1-11-10-14-15(17-12(2)16(14)19(17,3)4)18(11)13-8-6-5-7-9-13;1-12-10-14-8-5-9-15(16(14)11-12)13-6-3-2-4-7-13;;;/h5-10,17H,1-4H3;2-11H,1H3;2*1H;/q;;;;+2/p-2. The molecule has 4 aliphatic rings. The summed E-state index contributed by atoms with van der Waals surface area (Å²) in [5.41, 5.74) is 15.3. The third-order valence-electron chi connectivity index (χ3n) is 8.34. The Morgan fingerprint density at radius 3 is 2.03 bits per heavy atom. The SMILES string of the molecule is CC1=C2c3cc(C)n(-c4ccccc4)c3C1[Si]2(C)C.CC1=Cc2c(-c3ccccc3)cccc2[CH]1[Zr+2].[Cl-].[Cl-]. The Hall–Kier alpha value is -1.90. The molecule has 2 aliphatic heterocycles. The number of hydrogen-bond donors (Lipinski definition) is 0. The molecule has 0 spiro atoms. The molecule has 0 saturated heterocycles. The second-order valence-electron chi connectivity index (χ2n) is 11.0. The van der Waals surface area contributed by atoms with Gasteiger partial charge in [-0.25, -0.2) is 0 Å². The van der Waals surface area contributed by atoms with E-state index in [9.17, 15) is 0 Å². The molecule has 1 nitrogen and oxygen atoms in total. The van der Waals surface area contributed by atoms with E-state index in [4.69, 9.17) is 0 Å². The largest absolute Gasteiger partial charge is 1.00 e. The molecular weight excluding hydrogens is 601 g/mol. The Morgan fingerprint density at radius 1 is 0.763 bits per heavy atom. The van der Waals surface area contributed by atoms with E-state index in [2.05, 4.69) is 129 Å². The molecule has 0 amide bonds. The van der Waals surface area contributed by atoms with Gasteiger partial charge < -0.3 is 29.4 Å². The van der Waals surface area contributed by atoms with Crippen LogP contribution in [0.1, 0.15) is 51.1 Å². The van der Waals surface area contributed by atoms with E-state index in [0.29, 0.717) is 3.63 Å². The molecule has 3 aromatic carbocycles. The average Bonchev–Trinajstić information content (AvgIpc) is 3.53. The summed E-state index contributed by atoms with van der Waals surface area (Å²) in [6.45, 7) is 11.8. The van der Waals surface area contributed by atoms with Gasteiger partial charge in [-0.1, -0.05) is 42.1 Å². The van der Waals surface area contributed by atoms with Gasteiger partial charge >= 0.3 is 118 Å². The van der Waals surface area contributed by atoms with Gasteiger partial charge in [0, 0.05) is 22.6 Å². The summed E-state index contributed by atoms with van der Waals surface area (Å²) < 4.78 is 3.14. The van der Waals surface area contributed by atoms with Gasteiger partial charge in [0.1, 0.15) is 0 Å². The molecule has 0 fully saturated rings. The first-order valence-electron chi connectivity index (χ1n) is 12.9. The van der Waals surface area contributed by atoms with E-state index in [1.54, 1.807) is 46.7 Å². The summed E-state index contributed by atoms with van der Waals surface area (Å²) >= 11 is 1.58. The Kier molecular flexibility index (Phi) is 8.37. The van der Waals surface area contributed by atoms with Gasteiger partial charge in [0.2, 0.25) is 0 Å². The topological polar surface area (TPSA) is 4.93 Å². The maximum absolute atomic E-state index is 2.52. The number of rotatable bonds is 2. The fraction of sp³-hybridized carbons (Fsp3) is 0.212.